The minimum Gasteiger partial charge on any atom is -0.339 e. The Morgan fingerprint density at radius 3 is 2.55 bits per heavy atom. The minimum atomic E-state index is -3.33. The molecular formula is C17H25NO3S. The van der Waals surface area contributed by atoms with Crippen LogP contribution >= 0.6 is 0 Å². The van der Waals surface area contributed by atoms with Crippen molar-refractivity contribution in [2.75, 3.05) is 12.3 Å². The summed E-state index contributed by atoms with van der Waals surface area (Å²) < 4.78 is 24.0. The van der Waals surface area contributed by atoms with Gasteiger partial charge in [-0.15, -0.1) is 0 Å². The Labute approximate surface area is 133 Å². The van der Waals surface area contributed by atoms with Crippen molar-refractivity contribution in [1.82, 2.24) is 4.90 Å². The van der Waals surface area contributed by atoms with Gasteiger partial charge in [0, 0.05) is 12.6 Å². The monoisotopic (exact) mass is 323 g/mol. The third kappa shape index (κ3) is 4.32. The molecule has 0 spiro atoms. The maximum absolute atomic E-state index is 12.5. The summed E-state index contributed by atoms with van der Waals surface area (Å²) in [6.07, 6.45) is 3.80. The lowest BCUT2D eigenvalue weighted by Crippen LogP contribution is -2.47. The van der Waals surface area contributed by atoms with Gasteiger partial charge in [0.25, 0.3) is 0 Å². The van der Waals surface area contributed by atoms with Crippen LogP contribution in [0.25, 0.3) is 0 Å². The van der Waals surface area contributed by atoms with Crippen molar-refractivity contribution in [3.63, 3.8) is 0 Å². The topological polar surface area (TPSA) is 54.5 Å². The Morgan fingerprint density at radius 2 is 1.91 bits per heavy atom. The lowest BCUT2D eigenvalue weighted by molar-refractivity contribution is -0.132. The van der Waals surface area contributed by atoms with Gasteiger partial charge in [-0.05, 0) is 45.1 Å². The van der Waals surface area contributed by atoms with Gasteiger partial charge in [-0.2, -0.15) is 0 Å². The second-order valence-corrected chi connectivity index (χ2v) is 8.84. The van der Waals surface area contributed by atoms with E-state index in [1.54, 1.807) is 18.7 Å². The molecule has 0 bridgehead atoms. The molecule has 1 fully saturated rings. The quantitative estimate of drug-likeness (QED) is 0.836. The fourth-order valence-electron chi connectivity index (χ4n) is 2.85. The Morgan fingerprint density at radius 1 is 1.23 bits per heavy atom. The summed E-state index contributed by atoms with van der Waals surface area (Å²) in [5, 5.41) is -0.506. The Hall–Kier alpha value is -1.36. The highest BCUT2D eigenvalue weighted by Gasteiger charge is 2.30. The van der Waals surface area contributed by atoms with E-state index in [1.165, 1.54) is 5.56 Å². The molecule has 1 aromatic carbocycles. The zero-order chi connectivity index (χ0) is 16.2. The largest absolute Gasteiger partial charge is 0.339 e. The molecule has 1 amide bonds. The number of carbonyl (C=O) groups excluding carboxylic acids is 1. The molecule has 122 valence electrons. The number of carbonyl (C=O) groups is 1. The minimum absolute atomic E-state index is 0.117. The zero-order valence-corrected chi connectivity index (χ0v) is 14.2. The lowest BCUT2D eigenvalue weighted by Gasteiger charge is -2.36. The van der Waals surface area contributed by atoms with Gasteiger partial charge in [0.05, 0.1) is 5.25 Å². The van der Waals surface area contributed by atoms with Crippen molar-refractivity contribution in [2.45, 2.75) is 50.8 Å². The van der Waals surface area contributed by atoms with Gasteiger partial charge in [0.15, 0.2) is 9.84 Å². The van der Waals surface area contributed by atoms with Crippen LogP contribution in [0.1, 0.15) is 38.7 Å². The Balaban J connectivity index is 2.08. The van der Waals surface area contributed by atoms with Gasteiger partial charge >= 0.3 is 0 Å². The first-order valence-corrected chi connectivity index (χ1v) is 9.66. The SMILES string of the molecule is CC(C)S(=O)(=O)CC(=O)N1CCCC[C@@H]1Cc1ccccc1. The van der Waals surface area contributed by atoms with Crippen molar-refractivity contribution in [3.8, 4) is 0 Å². The maximum Gasteiger partial charge on any atom is 0.238 e. The van der Waals surface area contributed by atoms with E-state index >= 15 is 0 Å². The summed E-state index contributed by atoms with van der Waals surface area (Å²) >= 11 is 0. The van der Waals surface area contributed by atoms with Crippen molar-refractivity contribution >= 4 is 15.7 Å². The summed E-state index contributed by atoms with van der Waals surface area (Å²) in [6, 6.07) is 10.2. The van der Waals surface area contributed by atoms with Gasteiger partial charge < -0.3 is 4.90 Å². The second-order valence-electron chi connectivity index (χ2n) is 6.28. The molecule has 0 aliphatic carbocycles. The maximum atomic E-state index is 12.5. The molecule has 0 radical (unpaired) electrons. The molecule has 2 rings (SSSR count). The molecule has 0 N–H and O–H groups in total. The van der Waals surface area contributed by atoms with Crippen LogP contribution < -0.4 is 0 Å². The van der Waals surface area contributed by atoms with E-state index in [2.05, 4.69) is 12.1 Å². The van der Waals surface area contributed by atoms with Crippen LogP contribution in [0.4, 0.5) is 0 Å². The second kappa shape index (κ2) is 7.27. The first kappa shape index (κ1) is 17.0. The third-order valence-corrected chi connectivity index (χ3v) is 6.39. The van der Waals surface area contributed by atoms with Crippen LogP contribution in [0.3, 0.4) is 0 Å². The standard InChI is InChI=1S/C17H25NO3S/c1-14(2)22(20,21)13-17(19)18-11-7-6-10-16(18)12-15-8-4-3-5-9-15/h3-5,8-9,14,16H,6-7,10-13H2,1-2H3/t16-/m1/s1. The first-order chi connectivity index (χ1) is 10.4. The number of hydrogen-bond acceptors (Lipinski definition) is 3. The number of likely N-dealkylation sites (tertiary alicyclic amines) is 1. The number of sulfone groups is 1. The van der Waals surface area contributed by atoms with Crippen LogP contribution in [-0.2, 0) is 21.1 Å². The first-order valence-electron chi connectivity index (χ1n) is 7.95. The molecule has 0 aromatic heterocycles. The molecule has 1 atom stereocenters. The predicted octanol–water partition coefficient (Wildman–Crippen LogP) is 2.43. The highest BCUT2D eigenvalue weighted by Crippen LogP contribution is 2.21. The van der Waals surface area contributed by atoms with Crippen molar-refractivity contribution in [2.24, 2.45) is 0 Å². The van der Waals surface area contributed by atoms with E-state index in [9.17, 15) is 13.2 Å². The van der Waals surface area contributed by atoms with Crippen LogP contribution in [0.2, 0.25) is 0 Å². The highest BCUT2D eigenvalue weighted by molar-refractivity contribution is 7.92. The Bertz CT molecular complexity index is 596. The summed E-state index contributed by atoms with van der Waals surface area (Å²) in [5.41, 5.74) is 1.19. The number of piperidine rings is 1. The normalized spacial score (nSPS) is 19.4. The van der Waals surface area contributed by atoms with Crippen LogP contribution in [0.15, 0.2) is 30.3 Å². The average Bonchev–Trinajstić information content (AvgIpc) is 2.48. The summed E-state index contributed by atoms with van der Waals surface area (Å²) in [7, 11) is -3.33. The van der Waals surface area contributed by atoms with Gasteiger partial charge in [-0.3, -0.25) is 4.79 Å². The molecule has 0 saturated carbocycles. The van der Waals surface area contributed by atoms with E-state index in [0.29, 0.717) is 6.54 Å². The smallest absolute Gasteiger partial charge is 0.238 e. The fourth-order valence-corrected chi connectivity index (χ4v) is 3.69. The van der Waals surface area contributed by atoms with Crippen LogP contribution in [-0.4, -0.2) is 42.8 Å². The molecule has 5 heteroatoms. The molecule has 22 heavy (non-hydrogen) atoms. The highest BCUT2D eigenvalue weighted by atomic mass is 32.2. The van der Waals surface area contributed by atoms with E-state index in [0.717, 1.165) is 25.7 Å². The van der Waals surface area contributed by atoms with Gasteiger partial charge in [0.1, 0.15) is 5.75 Å². The van der Waals surface area contributed by atoms with Crippen molar-refractivity contribution in [1.29, 1.82) is 0 Å². The van der Waals surface area contributed by atoms with E-state index in [1.807, 2.05) is 18.2 Å². The van der Waals surface area contributed by atoms with Crippen LogP contribution in [0, 0.1) is 0 Å². The van der Waals surface area contributed by atoms with Gasteiger partial charge in [-0.25, -0.2) is 8.42 Å². The molecular weight excluding hydrogens is 298 g/mol. The molecule has 1 saturated heterocycles. The van der Waals surface area contributed by atoms with Gasteiger partial charge in [-0.1, -0.05) is 30.3 Å². The molecule has 0 unspecified atom stereocenters. The Kier molecular flexibility index (Phi) is 5.62. The number of hydrogen-bond donors (Lipinski definition) is 0. The molecule has 1 aromatic rings. The number of rotatable bonds is 5. The van der Waals surface area contributed by atoms with Crippen molar-refractivity contribution < 1.29 is 13.2 Å². The molecule has 4 nitrogen and oxygen atoms in total. The predicted molar refractivity (Wildman–Crippen MR) is 88.4 cm³/mol. The number of amides is 1. The van der Waals surface area contributed by atoms with Crippen LogP contribution in [0.5, 0.6) is 0 Å². The zero-order valence-electron chi connectivity index (χ0n) is 13.4. The van der Waals surface area contributed by atoms with E-state index in [4.69, 9.17) is 0 Å². The fraction of sp³-hybridized carbons (Fsp3) is 0.588. The van der Waals surface area contributed by atoms with E-state index in [-0.39, 0.29) is 17.7 Å². The molecule has 1 aliphatic heterocycles. The molecule has 1 aliphatic rings. The van der Waals surface area contributed by atoms with E-state index < -0.39 is 15.1 Å². The lowest BCUT2D eigenvalue weighted by atomic mass is 9.95. The van der Waals surface area contributed by atoms with Gasteiger partial charge in [0.2, 0.25) is 5.91 Å². The number of benzene rings is 1. The summed E-state index contributed by atoms with van der Waals surface area (Å²) in [6.45, 7) is 3.92. The number of nitrogens with zero attached hydrogens (tertiary/aromatic N) is 1. The average molecular weight is 323 g/mol. The summed E-state index contributed by atoms with van der Waals surface area (Å²) in [4.78, 5) is 14.3. The molecule has 1 heterocycles. The van der Waals surface area contributed by atoms with Crippen molar-refractivity contribution in [3.05, 3.63) is 35.9 Å². The third-order valence-electron chi connectivity index (χ3n) is 4.30. The summed E-state index contributed by atoms with van der Waals surface area (Å²) in [5.74, 6) is -0.606.